The molecule has 2 rings (SSSR count). The standard InChI is InChI=1S/C9H6BrN3O2/c10-5-1-2-6-7(3-5)12-13-8(11-6)4-9(14)15/h1-3H,4H2,(H,14,15). The van der Waals surface area contributed by atoms with Crippen molar-refractivity contribution in [1.29, 1.82) is 0 Å². The summed E-state index contributed by atoms with van der Waals surface area (Å²) in [5, 5.41) is 16.2. The molecule has 1 aromatic heterocycles. The van der Waals surface area contributed by atoms with Crippen LogP contribution in [0.25, 0.3) is 11.0 Å². The number of fused-ring (bicyclic) bond motifs is 1. The second-order valence-electron chi connectivity index (χ2n) is 2.93. The van der Waals surface area contributed by atoms with E-state index in [2.05, 4.69) is 31.1 Å². The molecule has 0 amide bonds. The summed E-state index contributed by atoms with van der Waals surface area (Å²) in [5.41, 5.74) is 1.28. The Morgan fingerprint density at radius 3 is 2.87 bits per heavy atom. The number of hydrogen-bond donors (Lipinski definition) is 1. The van der Waals surface area contributed by atoms with Gasteiger partial charge in [-0.05, 0) is 18.2 Å². The normalized spacial score (nSPS) is 10.5. The van der Waals surface area contributed by atoms with E-state index in [9.17, 15) is 4.79 Å². The Labute approximate surface area is 93.3 Å². The molecule has 15 heavy (non-hydrogen) atoms. The van der Waals surface area contributed by atoms with Crippen LogP contribution in [0.1, 0.15) is 5.82 Å². The molecule has 0 spiro atoms. The highest BCUT2D eigenvalue weighted by molar-refractivity contribution is 9.10. The Balaban J connectivity index is 2.47. The van der Waals surface area contributed by atoms with Crippen LogP contribution in [0.4, 0.5) is 0 Å². The highest BCUT2D eigenvalue weighted by Crippen LogP contribution is 2.15. The lowest BCUT2D eigenvalue weighted by molar-refractivity contribution is -0.136. The smallest absolute Gasteiger partial charge is 0.311 e. The third-order valence-corrected chi connectivity index (χ3v) is 2.26. The Bertz CT molecular complexity index is 530. The average molecular weight is 268 g/mol. The summed E-state index contributed by atoms with van der Waals surface area (Å²) < 4.78 is 0.886. The van der Waals surface area contributed by atoms with Crippen molar-refractivity contribution in [2.45, 2.75) is 6.42 Å². The largest absolute Gasteiger partial charge is 0.481 e. The van der Waals surface area contributed by atoms with Crippen molar-refractivity contribution in [3.05, 3.63) is 28.5 Å². The first-order chi connectivity index (χ1) is 7.15. The van der Waals surface area contributed by atoms with Crippen molar-refractivity contribution < 1.29 is 9.90 Å². The monoisotopic (exact) mass is 267 g/mol. The van der Waals surface area contributed by atoms with Crippen LogP contribution in [-0.4, -0.2) is 26.3 Å². The van der Waals surface area contributed by atoms with Crippen LogP contribution in [0.5, 0.6) is 0 Å². The summed E-state index contributed by atoms with van der Waals surface area (Å²) in [7, 11) is 0. The zero-order valence-electron chi connectivity index (χ0n) is 7.51. The van der Waals surface area contributed by atoms with E-state index < -0.39 is 5.97 Å². The lowest BCUT2D eigenvalue weighted by Gasteiger charge is -1.98. The quantitative estimate of drug-likeness (QED) is 0.891. The molecule has 1 heterocycles. The van der Waals surface area contributed by atoms with Gasteiger partial charge in [-0.2, -0.15) is 0 Å². The molecule has 0 radical (unpaired) electrons. The Morgan fingerprint density at radius 1 is 1.33 bits per heavy atom. The molecule has 5 nitrogen and oxygen atoms in total. The minimum absolute atomic E-state index is 0.209. The van der Waals surface area contributed by atoms with Gasteiger partial charge in [-0.1, -0.05) is 15.9 Å². The fraction of sp³-hybridized carbons (Fsp3) is 0.111. The van der Waals surface area contributed by atoms with Gasteiger partial charge in [0.05, 0.1) is 5.52 Å². The van der Waals surface area contributed by atoms with Gasteiger partial charge in [0.2, 0.25) is 0 Å². The maximum absolute atomic E-state index is 10.4. The van der Waals surface area contributed by atoms with E-state index in [1.54, 1.807) is 12.1 Å². The van der Waals surface area contributed by atoms with Gasteiger partial charge < -0.3 is 5.11 Å². The van der Waals surface area contributed by atoms with E-state index in [-0.39, 0.29) is 12.2 Å². The molecule has 1 aromatic carbocycles. The number of nitrogens with zero attached hydrogens (tertiary/aromatic N) is 3. The molecule has 0 atom stereocenters. The molecular weight excluding hydrogens is 262 g/mol. The van der Waals surface area contributed by atoms with Crippen molar-refractivity contribution in [3.63, 3.8) is 0 Å². The van der Waals surface area contributed by atoms with Crippen LogP contribution in [0, 0.1) is 0 Å². The zero-order chi connectivity index (χ0) is 10.8. The molecule has 0 aliphatic rings. The summed E-state index contributed by atoms with van der Waals surface area (Å²) in [5.74, 6) is -0.745. The number of aliphatic carboxylic acids is 1. The molecule has 0 saturated carbocycles. The first-order valence-corrected chi connectivity index (χ1v) is 4.95. The fourth-order valence-electron chi connectivity index (χ4n) is 1.15. The van der Waals surface area contributed by atoms with Crippen LogP contribution < -0.4 is 0 Å². The van der Waals surface area contributed by atoms with Crippen molar-refractivity contribution in [2.24, 2.45) is 0 Å². The molecule has 76 valence electrons. The number of benzene rings is 1. The zero-order valence-corrected chi connectivity index (χ0v) is 9.10. The van der Waals surface area contributed by atoms with Gasteiger partial charge in [0.15, 0.2) is 5.82 Å². The van der Waals surface area contributed by atoms with E-state index in [4.69, 9.17) is 5.11 Å². The number of hydrogen-bond acceptors (Lipinski definition) is 4. The number of carboxylic acid groups (broad SMARTS) is 1. The van der Waals surface area contributed by atoms with Crippen LogP contribution in [-0.2, 0) is 11.2 Å². The molecule has 6 heteroatoms. The van der Waals surface area contributed by atoms with E-state index >= 15 is 0 Å². The molecular formula is C9H6BrN3O2. The summed E-state index contributed by atoms with van der Waals surface area (Å²) in [6, 6.07) is 5.36. The van der Waals surface area contributed by atoms with Crippen molar-refractivity contribution >= 4 is 32.9 Å². The van der Waals surface area contributed by atoms with Crippen LogP contribution >= 0.6 is 15.9 Å². The van der Waals surface area contributed by atoms with Gasteiger partial charge in [0.25, 0.3) is 0 Å². The summed E-state index contributed by atoms with van der Waals surface area (Å²) in [6.45, 7) is 0. The highest BCUT2D eigenvalue weighted by atomic mass is 79.9. The molecule has 2 aromatic rings. The summed E-state index contributed by atoms with van der Waals surface area (Å²) in [4.78, 5) is 14.5. The van der Waals surface area contributed by atoms with Gasteiger partial charge >= 0.3 is 5.97 Å². The van der Waals surface area contributed by atoms with Crippen LogP contribution in [0.2, 0.25) is 0 Å². The summed E-state index contributed by atoms with van der Waals surface area (Å²) >= 11 is 3.30. The maximum atomic E-state index is 10.4. The highest BCUT2D eigenvalue weighted by Gasteiger charge is 2.06. The third-order valence-electron chi connectivity index (χ3n) is 1.77. The molecule has 0 fully saturated rings. The number of carboxylic acids is 1. The van der Waals surface area contributed by atoms with Crippen molar-refractivity contribution in [2.75, 3.05) is 0 Å². The van der Waals surface area contributed by atoms with Gasteiger partial charge in [0.1, 0.15) is 11.9 Å². The molecule has 0 aliphatic carbocycles. The Hall–Kier alpha value is -1.56. The van der Waals surface area contributed by atoms with E-state index in [1.165, 1.54) is 0 Å². The molecule has 0 aliphatic heterocycles. The van der Waals surface area contributed by atoms with E-state index in [0.717, 1.165) is 4.47 Å². The number of halogens is 1. The Morgan fingerprint density at radius 2 is 2.13 bits per heavy atom. The fourth-order valence-corrected chi connectivity index (χ4v) is 1.50. The molecule has 0 unspecified atom stereocenters. The van der Waals surface area contributed by atoms with Crippen molar-refractivity contribution in [1.82, 2.24) is 15.2 Å². The number of carbonyl (C=O) groups is 1. The predicted molar refractivity (Wildman–Crippen MR) is 56.4 cm³/mol. The lowest BCUT2D eigenvalue weighted by Crippen LogP contribution is -2.06. The minimum Gasteiger partial charge on any atom is -0.481 e. The minimum atomic E-state index is -0.965. The number of rotatable bonds is 2. The van der Waals surface area contributed by atoms with E-state index in [0.29, 0.717) is 11.0 Å². The van der Waals surface area contributed by atoms with Crippen LogP contribution in [0.15, 0.2) is 22.7 Å². The van der Waals surface area contributed by atoms with E-state index in [1.807, 2.05) is 6.07 Å². The second kappa shape index (κ2) is 3.90. The topological polar surface area (TPSA) is 76.0 Å². The SMILES string of the molecule is O=C(O)Cc1nnc2cc(Br)ccc2n1. The second-order valence-corrected chi connectivity index (χ2v) is 3.85. The molecule has 1 N–H and O–H groups in total. The number of aromatic nitrogens is 3. The maximum Gasteiger partial charge on any atom is 0.311 e. The van der Waals surface area contributed by atoms with Crippen molar-refractivity contribution in [3.8, 4) is 0 Å². The van der Waals surface area contributed by atoms with Gasteiger partial charge in [-0.15, -0.1) is 10.2 Å². The van der Waals surface area contributed by atoms with Gasteiger partial charge in [0, 0.05) is 4.47 Å². The predicted octanol–water partition coefficient (Wildman–Crippen LogP) is 1.41. The summed E-state index contributed by atoms with van der Waals surface area (Å²) in [6.07, 6.45) is -0.209. The first-order valence-electron chi connectivity index (χ1n) is 4.16. The molecule has 0 saturated heterocycles. The third kappa shape index (κ3) is 2.27. The molecule has 0 bridgehead atoms. The van der Waals surface area contributed by atoms with Crippen LogP contribution in [0.3, 0.4) is 0 Å². The van der Waals surface area contributed by atoms with Gasteiger partial charge in [-0.3, -0.25) is 4.79 Å². The first kappa shape index (κ1) is 9.97. The average Bonchev–Trinajstić information content (AvgIpc) is 2.17. The van der Waals surface area contributed by atoms with Gasteiger partial charge in [-0.25, -0.2) is 4.98 Å². The Kier molecular flexibility index (Phi) is 2.59. The lowest BCUT2D eigenvalue weighted by atomic mass is 10.3.